The molecule has 2 aromatic heterocycles. The number of carbonyl (C=O) groups is 1. The van der Waals surface area contributed by atoms with Gasteiger partial charge in [-0.05, 0) is 30.7 Å². The second-order valence-electron chi connectivity index (χ2n) is 7.13. The lowest BCUT2D eigenvalue weighted by molar-refractivity contribution is -0.119. The molecule has 2 aromatic carbocycles. The van der Waals surface area contributed by atoms with Crippen molar-refractivity contribution in [2.75, 3.05) is 17.3 Å². The molecule has 1 atom stereocenters. The van der Waals surface area contributed by atoms with Crippen LogP contribution in [0, 0.1) is 0 Å². The minimum absolute atomic E-state index is 0.0219. The summed E-state index contributed by atoms with van der Waals surface area (Å²) in [6.07, 6.45) is 0.476. The number of nitrogens with zero attached hydrogens (tertiary/aromatic N) is 3. The smallest absolute Gasteiger partial charge is 0.230 e. The van der Waals surface area contributed by atoms with Crippen LogP contribution in [0.2, 0.25) is 0 Å². The van der Waals surface area contributed by atoms with Crippen LogP contribution in [-0.4, -0.2) is 52.0 Å². The van der Waals surface area contributed by atoms with Gasteiger partial charge < -0.3 is 5.32 Å². The predicted molar refractivity (Wildman–Crippen MR) is 114 cm³/mol. The number of hydrogen-bond acceptors (Lipinski definition) is 6. The summed E-state index contributed by atoms with van der Waals surface area (Å²) in [5.41, 5.74) is 3.43. The van der Waals surface area contributed by atoms with Gasteiger partial charge in [0.1, 0.15) is 5.65 Å². The van der Waals surface area contributed by atoms with Crippen molar-refractivity contribution in [1.82, 2.24) is 19.7 Å². The van der Waals surface area contributed by atoms with Crippen molar-refractivity contribution in [2.45, 2.75) is 17.6 Å². The summed E-state index contributed by atoms with van der Waals surface area (Å²) in [5, 5.41) is 4.46. The monoisotopic (exact) mass is 426 g/mol. The summed E-state index contributed by atoms with van der Waals surface area (Å²) in [6, 6.07) is 15.3. The van der Waals surface area contributed by atoms with Crippen molar-refractivity contribution < 1.29 is 13.2 Å². The average Bonchev–Trinajstić information content (AvgIpc) is 3.26. The maximum absolute atomic E-state index is 12.4. The van der Waals surface area contributed by atoms with Gasteiger partial charge in [-0.1, -0.05) is 36.0 Å². The van der Waals surface area contributed by atoms with E-state index >= 15 is 0 Å². The third-order valence-corrected chi connectivity index (χ3v) is 7.75. The Kier molecular flexibility index (Phi) is 4.44. The highest BCUT2D eigenvalue weighted by Crippen LogP contribution is 2.28. The summed E-state index contributed by atoms with van der Waals surface area (Å²) in [6.45, 7) is 0. The van der Waals surface area contributed by atoms with Crippen LogP contribution >= 0.6 is 11.8 Å². The van der Waals surface area contributed by atoms with E-state index in [1.807, 2.05) is 52.9 Å². The highest BCUT2D eigenvalue weighted by Gasteiger charge is 2.29. The molecule has 1 fully saturated rings. The molecule has 0 spiro atoms. The molecule has 1 aliphatic rings. The number of carbonyl (C=O) groups excluding carboxylic acids is 1. The first-order valence-electron chi connectivity index (χ1n) is 9.29. The van der Waals surface area contributed by atoms with Gasteiger partial charge in [0.25, 0.3) is 0 Å². The normalized spacial score (nSPS) is 18.6. The lowest BCUT2D eigenvalue weighted by Gasteiger charge is -2.11. The third kappa shape index (κ3) is 3.44. The van der Waals surface area contributed by atoms with E-state index in [9.17, 15) is 13.2 Å². The Hall–Kier alpha value is -2.65. The number of fused-ring (bicyclic) bond motifs is 5. The number of hydrogen-bond donors (Lipinski definition) is 1. The van der Waals surface area contributed by atoms with Gasteiger partial charge in [0.15, 0.2) is 15.0 Å². The predicted octanol–water partition coefficient (Wildman–Crippen LogP) is 2.43. The lowest BCUT2D eigenvalue weighted by Crippen LogP contribution is -2.36. The molecule has 0 bridgehead atoms. The van der Waals surface area contributed by atoms with Crippen LogP contribution in [0.4, 0.5) is 0 Å². The number of aromatic nitrogens is 3. The Morgan fingerprint density at radius 2 is 1.86 bits per heavy atom. The van der Waals surface area contributed by atoms with Crippen LogP contribution < -0.4 is 5.32 Å². The SMILES string of the molecule is O=C(CSc1nc2ccccc2c2nc3ccccc3n12)N[C@@H]1CCS(=O)(=O)C1. The summed E-state index contributed by atoms with van der Waals surface area (Å²) in [5.74, 6) is 0.126. The highest BCUT2D eigenvalue weighted by atomic mass is 32.2. The number of benzene rings is 2. The third-order valence-electron chi connectivity index (χ3n) is 5.04. The van der Waals surface area contributed by atoms with Gasteiger partial charge in [0, 0.05) is 11.4 Å². The van der Waals surface area contributed by atoms with E-state index in [1.165, 1.54) is 11.8 Å². The van der Waals surface area contributed by atoms with Gasteiger partial charge in [-0.3, -0.25) is 9.20 Å². The van der Waals surface area contributed by atoms with E-state index in [-0.39, 0.29) is 29.2 Å². The molecule has 5 rings (SSSR count). The van der Waals surface area contributed by atoms with Crippen LogP contribution in [0.15, 0.2) is 53.7 Å². The van der Waals surface area contributed by atoms with E-state index in [0.29, 0.717) is 11.6 Å². The minimum Gasteiger partial charge on any atom is -0.352 e. The molecule has 1 aliphatic heterocycles. The van der Waals surface area contributed by atoms with Crippen molar-refractivity contribution >= 4 is 55.1 Å². The zero-order valence-corrected chi connectivity index (χ0v) is 17.0. The molecule has 148 valence electrons. The van der Waals surface area contributed by atoms with Crippen molar-refractivity contribution in [3.8, 4) is 0 Å². The molecule has 1 amide bonds. The van der Waals surface area contributed by atoms with E-state index in [2.05, 4.69) is 5.32 Å². The fourth-order valence-electron chi connectivity index (χ4n) is 3.72. The van der Waals surface area contributed by atoms with Gasteiger partial charge in [0.05, 0.1) is 33.8 Å². The largest absolute Gasteiger partial charge is 0.352 e. The second-order valence-corrected chi connectivity index (χ2v) is 10.3. The number of rotatable bonds is 4. The first kappa shape index (κ1) is 18.4. The van der Waals surface area contributed by atoms with E-state index in [4.69, 9.17) is 9.97 Å². The molecular formula is C20H18N4O3S2. The van der Waals surface area contributed by atoms with Crippen molar-refractivity contribution in [2.24, 2.45) is 0 Å². The Bertz CT molecular complexity index is 1360. The Morgan fingerprint density at radius 3 is 2.66 bits per heavy atom. The van der Waals surface area contributed by atoms with E-state index in [1.54, 1.807) is 0 Å². The molecule has 1 saturated heterocycles. The summed E-state index contributed by atoms with van der Waals surface area (Å²) in [7, 11) is -3.02. The zero-order valence-electron chi connectivity index (χ0n) is 15.4. The van der Waals surface area contributed by atoms with E-state index in [0.717, 1.165) is 27.6 Å². The molecule has 7 nitrogen and oxygen atoms in total. The Balaban J connectivity index is 1.48. The number of para-hydroxylation sites is 3. The standard InChI is InChI=1S/C20H18N4O3S2/c25-18(21-13-9-10-29(26,27)12-13)11-28-20-23-15-6-2-1-5-14(15)19-22-16-7-3-4-8-17(16)24(19)20/h1-8,13H,9-12H2,(H,21,25)/t13-/m1/s1. The molecule has 9 heteroatoms. The quantitative estimate of drug-likeness (QED) is 0.398. The number of amides is 1. The minimum atomic E-state index is -3.02. The number of imidazole rings is 1. The molecule has 0 saturated carbocycles. The number of nitrogens with one attached hydrogen (secondary N) is 1. The van der Waals surface area contributed by atoms with Crippen LogP contribution in [0.1, 0.15) is 6.42 Å². The van der Waals surface area contributed by atoms with Gasteiger partial charge in [-0.15, -0.1) is 0 Å². The zero-order chi connectivity index (χ0) is 20.0. The maximum Gasteiger partial charge on any atom is 0.230 e. The topological polar surface area (TPSA) is 93.4 Å². The number of sulfone groups is 1. The molecule has 1 N–H and O–H groups in total. The molecule has 0 unspecified atom stereocenters. The Labute approximate surface area is 171 Å². The van der Waals surface area contributed by atoms with Crippen molar-refractivity contribution in [1.29, 1.82) is 0 Å². The molecular weight excluding hydrogens is 408 g/mol. The van der Waals surface area contributed by atoms with Gasteiger partial charge in [-0.2, -0.15) is 0 Å². The second kappa shape index (κ2) is 7.00. The fraction of sp³-hybridized carbons (Fsp3) is 0.250. The average molecular weight is 427 g/mol. The summed E-state index contributed by atoms with van der Waals surface area (Å²) >= 11 is 1.33. The number of thioether (sulfide) groups is 1. The molecule has 3 heterocycles. The van der Waals surface area contributed by atoms with Crippen LogP contribution in [-0.2, 0) is 14.6 Å². The highest BCUT2D eigenvalue weighted by molar-refractivity contribution is 7.99. The Morgan fingerprint density at radius 1 is 1.10 bits per heavy atom. The van der Waals surface area contributed by atoms with Crippen molar-refractivity contribution in [3.63, 3.8) is 0 Å². The molecule has 29 heavy (non-hydrogen) atoms. The maximum atomic E-state index is 12.4. The molecule has 4 aromatic rings. The molecule has 0 aliphatic carbocycles. The van der Waals surface area contributed by atoms with E-state index < -0.39 is 9.84 Å². The first-order chi connectivity index (χ1) is 14.0. The summed E-state index contributed by atoms with van der Waals surface area (Å²) < 4.78 is 25.2. The van der Waals surface area contributed by atoms with Crippen LogP contribution in [0.25, 0.3) is 27.6 Å². The van der Waals surface area contributed by atoms with Gasteiger partial charge in [-0.25, -0.2) is 18.4 Å². The van der Waals surface area contributed by atoms with Gasteiger partial charge >= 0.3 is 0 Å². The lowest BCUT2D eigenvalue weighted by atomic mass is 10.2. The molecule has 0 radical (unpaired) electrons. The fourth-order valence-corrected chi connectivity index (χ4v) is 6.21. The van der Waals surface area contributed by atoms with Crippen LogP contribution in [0.3, 0.4) is 0 Å². The van der Waals surface area contributed by atoms with Gasteiger partial charge in [0.2, 0.25) is 5.91 Å². The summed E-state index contributed by atoms with van der Waals surface area (Å²) in [4.78, 5) is 21.9. The van der Waals surface area contributed by atoms with Crippen LogP contribution in [0.5, 0.6) is 0 Å². The first-order valence-corrected chi connectivity index (χ1v) is 12.1. The van der Waals surface area contributed by atoms with Crippen molar-refractivity contribution in [3.05, 3.63) is 48.5 Å².